The Morgan fingerprint density at radius 2 is 2.39 bits per heavy atom. The van der Waals surface area contributed by atoms with E-state index in [1.54, 1.807) is 6.33 Å². The van der Waals surface area contributed by atoms with Crippen molar-refractivity contribution in [2.45, 2.75) is 38.6 Å². The minimum Gasteiger partial charge on any atom is -0.396 e. The molecular weight excluding hydrogens is 228 g/mol. The molecule has 0 bridgehead atoms. The molecule has 5 heteroatoms. The molecule has 0 aliphatic carbocycles. The van der Waals surface area contributed by atoms with Crippen LogP contribution in [-0.2, 0) is 0 Å². The van der Waals surface area contributed by atoms with E-state index >= 15 is 0 Å². The summed E-state index contributed by atoms with van der Waals surface area (Å²) in [5, 5.41) is 12.4. The van der Waals surface area contributed by atoms with Crippen molar-refractivity contribution >= 4 is 11.6 Å². The Balaban J connectivity index is 2.07. The fraction of sp³-hybridized carbons (Fsp3) is 0.692. The monoisotopic (exact) mass is 250 g/mol. The van der Waals surface area contributed by atoms with E-state index in [0.717, 1.165) is 44.0 Å². The van der Waals surface area contributed by atoms with Crippen molar-refractivity contribution in [1.82, 2.24) is 9.97 Å². The zero-order chi connectivity index (χ0) is 12.8. The number of aliphatic hydroxyl groups is 1. The number of anilines is 2. The molecule has 1 aromatic heterocycles. The molecule has 2 rings (SSSR count). The van der Waals surface area contributed by atoms with Crippen molar-refractivity contribution in [1.29, 1.82) is 0 Å². The number of aliphatic hydroxyl groups excluding tert-OH is 1. The van der Waals surface area contributed by atoms with Gasteiger partial charge >= 0.3 is 0 Å². The standard InChI is InChI=1S/C13H22N4O/c1-2-6-14-12-9-13(16-10-15-12)17-7-3-4-11(17)5-8-18/h9-11,18H,2-8H2,1H3,(H,14,15,16). The van der Waals surface area contributed by atoms with E-state index in [1.165, 1.54) is 6.42 Å². The van der Waals surface area contributed by atoms with Crippen LogP contribution in [0.15, 0.2) is 12.4 Å². The van der Waals surface area contributed by atoms with Crippen molar-refractivity contribution in [2.75, 3.05) is 29.9 Å². The van der Waals surface area contributed by atoms with Crippen molar-refractivity contribution < 1.29 is 5.11 Å². The van der Waals surface area contributed by atoms with E-state index in [-0.39, 0.29) is 6.61 Å². The van der Waals surface area contributed by atoms with Gasteiger partial charge in [-0.1, -0.05) is 6.92 Å². The van der Waals surface area contributed by atoms with Crippen molar-refractivity contribution in [2.24, 2.45) is 0 Å². The van der Waals surface area contributed by atoms with Crippen LogP contribution in [0.3, 0.4) is 0 Å². The smallest absolute Gasteiger partial charge is 0.134 e. The molecule has 1 saturated heterocycles. The first-order chi connectivity index (χ1) is 8.85. The molecule has 0 radical (unpaired) electrons. The number of hydrogen-bond donors (Lipinski definition) is 2. The summed E-state index contributed by atoms with van der Waals surface area (Å²) in [5.74, 6) is 1.86. The summed E-state index contributed by atoms with van der Waals surface area (Å²) < 4.78 is 0. The second-order valence-corrected chi connectivity index (χ2v) is 4.69. The maximum Gasteiger partial charge on any atom is 0.134 e. The summed E-state index contributed by atoms with van der Waals surface area (Å²) in [5.41, 5.74) is 0. The van der Waals surface area contributed by atoms with Gasteiger partial charge in [-0.15, -0.1) is 0 Å². The number of hydrogen-bond acceptors (Lipinski definition) is 5. The van der Waals surface area contributed by atoms with Gasteiger partial charge in [0.15, 0.2) is 0 Å². The number of nitrogens with zero attached hydrogens (tertiary/aromatic N) is 3. The third-order valence-corrected chi connectivity index (χ3v) is 3.34. The Hall–Kier alpha value is -1.36. The maximum atomic E-state index is 9.09. The average molecular weight is 250 g/mol. The van der Waals surface area contributed by atoms with Gasteiger partial charge in [0.05, 0.1) is 0 Å². The lowest BCUT2D eigenvalue weighted by molar-refractivity contribution is 0.275. The van der Waals surface area contributed by atoms with Crippen LogP contribution >= 0.6 is 0 Å². The van der Waals surface area contributed by atoms with Gasteiger partial charge < -0.3 is 15.3 Å². The van der Waals surface area contributed by atoms with Gasteiger partial charge in [0, 0.05) is 31.8 Å². The molecule has 1 aliphatic heterocycles. The first kappa shape index (κ1) is 13.1. The molecule has 5 nitrogen and oxygen atoms in total. The van der Waals surface area contributed by atoms with Crippen molar-refractivity contribution in [3.05, 3.63) is 12.4 Å². The summed E-state index contributed by atoms with van der Waals surface area (Å²) >= 11 is 0. The molecule has 1 fully saturated rings. The van der Waals surface area contributed by atoms with Gasteiger partial charge in [0.2, 0.25) is 0 Å². The lowest BCUT2D eigenvalue weighted by Gasteiger charge is -2.25. The summed E-state index contributed by atoms with van der Waals surface area (Å²) in [6.07, 6.45) is 5.83. The fourth-order valence-electron chi connectivity index (χ4n) is 2.44. The van der Waals surface area contributed by atoms with Gasteiger partial charge in [-0.2, -0.15) is 0 Å². The van der Waals surface area contributed by atoms with Crippen LogP contribution in [0, 0.1) is 0 Å². The molecule has 2 N–H and O–H groups in total. The highest BCUT2D eigenvalue weighted by atomic mass is 16.3. The highest BCUT2D eigenvalue weighted by Crippen LogP contribution is 2.26. The van der Waals surface area contributed by atoms with Crippen LogP contribution in [0.5, 0.6) is 0 Å². The summed E-state index contributed by atoms with van der Waals surface area (Å²) in [6.45, 7) is 4.32. The first-order valence-electron chi connectivity index (χ1n) is 6.78. The second-order valence-electron chi connectivity index (χ2n) is 4.69. The molecule has 1 aromatic rings. The third kappa shape index (κ3) is 3.10. The minimum absolute atomic E-state index is 0.243. The van der Waals surface area contributed by atoms with Gasteiger partial charge in [-0.05, 0) is 25.7 Å². The molecular formula is C13H22N4O. The van der Waals surface area contributed by atoms with Crippen molar-refractivity contribution in [3.8, 4) is 0 Å². The average Bonchev–Trinajstić information content (AvgIpc) is 2.85. The lowest BCUT2D eigenvalue weighted by Crippen LogP contribution is -2.30. The van der Waals surface area contributed by atoms with Crippen LogP contribution in [0.1, 0.15) is 32.6 Å². The van der Waals surface area contributed by atoms with Gasteiger partial charge in [0.1, 0.15) is 18.0 Å². The quantitative estimate of drug-likeness (QED) is 0.804. The van der Waals surface area contributed by atoms with Gasteiger partial charge in [-0.3, -0.25) is 0 Å². The molecule has 0 aromatic carbocycles. The van der Waals surface area contributed by atoms with E-state index in [2.05, 4.69) is 27.1 Å². The fourth-order valence-corrected chi connectivity index (χ4v) is 2.44. The van der Waals surface area contributed by atoms with Gasteiger partial charge in [-0.25, -0.2) is 9.97 Å². The molecule has 1 aliphatic rings. The Morgan fingerprint density at radius 1 is 1.50 bits per heavy atom. The molecule has 0 saturated carbocycles. The van der Waals surface area contributed by atoms with Crippen LogP contribution < -0.4 is 10.2 Å². The SMILES string of the molecule is CCCNc1cc(N2CCCC2CCO)ncn1. The third-order valence-electron chi connectivity index (χ3n) is 3.34. The van der Waals surface area contributed by atoms with Crippen LogP contribution in [0.25, 0.3) is 0 Å². The first-order valence-corrected chi connectivity index (χ1v) is 6.78. The predicted octanol–water partition coefficient (Wildman–Crippen LogP) is 1.65. The number of aromatic nitrogens is 2. The number of rotatable bonds is 6. The zero-order valence-corrected chi connectivity index (χ0v) is 11.0. The Kier molecular flexibility index (Phi) is 4.75. The largest absolute Gasteiger partial charge is 0.396 e. The maximum absolute atomic E-state index is 9.09. The van der Waals surface area contributed by atoms with Gasteiger partial charge in [0.25, 0.3) is 0 Å². The molecule has 1 unspecified atom stereocenters. The topological polar surface area (TPSA) is 61.3 Å². The second kappa shape index (κ2) is 6.54. The minimum atomic E-state index is 0.243. The summed E-state index contributed by atoms with van der Waals surface area (Å²) in [6, 6.07) is 2.43. The Bertz CT molecular complexity index is 372. The van der Waals surface area contributed by atoms with E-state index in [1.807, 2.05) is 6.07 Å². The normalized spacial score (nSPS) is 19.2. The summed E-state index contributed by atoms with van der Waals surface area (Å²) in [4.78, 5) is 10.9. The Morgan fingerprint density at radius 3 is 3.17 bits per heavy atom. The molecule has 1 atom stereocenters. The van der Waals surface area contributed by atoms with Crippen LogP contribution in [0.4, 0.5) is 11.6 Å². The van der Waals surface area contributed by atoms with E-state index in [9.17, 15) is 0 Å². The zero-order valence-electron chi connectivity index (χ0n) is 11.0. The summed E-state index contributed by atoms with van der Waals surface area (Å²) in [7, 11) is 0. The predicted molar refractivity (Wildman–Crippen MR) is 72.9 cm³/mol. The highest BCUT2D eigenvalue weighted by molar-refractivity contribution is 5.49. The number of nitrogens with one attached hydrogen (secondary N) is 1. The molecule has 100 valence electrons. The lowest BCUT2D eigenvalue weighted by atomic mass is 10.1. The highest BCUT2D eigenvalue weighted by Gasteiger charge is 2.25. The van der Waals surface area contributed by atoms with Crippen molar-refractivity contribution in [3.63, 3.8) is 0 Å². The molecule has 0 spiro atoms. The van der Waals surface area contributed by atoms with Crippen LogP contribution in [-0.4, -0.2) is 40.8 Å². The Labute approximate surface area is 108 Å². The molecule has 18 heavy (non-hydrogen) atoms. The molecule has 0 amide bonds. The van der Waals surface area contributed by atoms with E-state index in [4.69, 9.17) is 5.11 Å². The van der Waals surface area contributed by atoms with Crippen LogP contribution in [0.2, 0.25) is 0 Å². The van der Waals surface area contributed by atoms with E-state index in [0.29, 0.717) is 6.04 Å². The van der Waals surface area contributed by atoms with E-state index < -0.39 is 0 Å². The molecule has 2 heterocycles.